The average Bonchev–Trinajstić information content (AvgIpc) is 3.20. The van der Waals surface area contributed by atoms with Gasteiger partial charge in [0.2, 0.25) is 5.95 Å². The number of imidazole rings is 1. The molecular formula is C27H39N7O2. The number of nitrogens with two attached hydrogens (primary N) is 2. The smallest absolute Gasteiger partial charge is 0.332 e. The summed E-state index contributed by atoms with van der Waals surface area (Å²) in [5, 5.41) is 0. The predicted octanol–water partition coefficient (Wildman–Crippen LogP) is 2.23. The molecule has 1 fully saturated rings. The van der Waals surface area contributed by atoms with E-state index in [2.05, 4.69) is 11.0 Å². The van der Waals surface area contributed by atoms with Gasteiger partial charge in [0, 0.05) is 44.3 Å². The second kappa shape index (κ2) is 10.4. The molecular weight excluding hydrogens is 454 g/mol. The zero-order valence-corrected chi connectivity index (χ0v) is 21.9. The van der Waals surface area contributed by atoms with Gasteiger partial charge >= 0.3 is 5.69 Å². The Morgan fingerprint density at radius 1 is 1.14 bits per heavy atom. The minimum Gasteiger partial charge on any atom is -0.341 e. The molecule has 0 aliphatic carbocycles. The van der Waals surface area contributed by atoms with Crippen molar-refractivity contribution in [2.45, 2.75) is 78.2 Å². The van der Waals surface area contributed by atoms with Gasteiger partial charge in [-0.2, -0.15) is 4.98 Å². The summed E-state index contributed by atoms with van der Waals surface area (Å²) < 4.78 is 4.86. The van der Waals surface area contributed by atoms with Crippen molar-refractivity contribution in [3.05, 3.63) is 68.4 Å². The minimum atomic E-state index is -0.671. The Kier molecular flexibility index (Phi) is 7.51. The molecule has 4 rings (SSSR count). The van der Waals surface area contributed by atoms with Gasteiger partial charge in [-0.15, -0.1) is 0 Å². The van der Waals surface area contributed by atoms with Crippen LogP contribution < -0.4 is 27.6 Å². The fraction of sp³-hybridized carbons (Fsp3) is 0.519. The van der Waals surface area contributed by atoms with Gasteiger partial charge in [0.05, 0.1) is 0 Å². The summed E-state index contributed by atoms with van der Waals surface area (Å²) in [6.07, 6.45) is 4.56. The molecule has 1 aliphatic rings. The maximum atomic E-state index is 13.9. The zero-order chi connectivity index (χ0) is 26.0. The Bertz CT molecular complexity index is 1360. The lowest BCUT2D eigenvalue weighted by molar-refractivity contribution is 0.417. The number of nitrogens with zero attached hydrogens (tertiary/aromatic N) is 5. The quantitative estimate of drug-likeness (QED) is 0.465. The van der Waals surface area contributed by atoms with Crippen LogP contribution in [0.2, 0.25) is 0 Å². The largest absolute Gasteiger partial charge is 0.341 e. The number of allylic oxidation sites excluding steroid dienone is 2. The van der Waals surface area contributed by atoms with Crippen molar-refractivity contribution in [3.8, 4) is 0 Å². The number of anilines is 1. The zero-order valence-electron chi connectivity index (χ0n) is 21.9. The van der Waals surface area contributed by atoms with Gasteiger partial charge in [0.25, 0.3) is 5.56 Å². The monoisotopic (exact) mass is 493 g/mol. The van der Waals surface area contributed by atoms with Gasteiger partial charge in [-0.05, 0) is 52.5 Å². The lowest BCUT2D eigenvalue weighted by atomic mass is 10.1. The molecule has 0 spiro atoms. The normalized spacial score (nSPS) is 16.5. The predicted molar refractivity (Wildman–Crippen MR) is 146 cm³/mol. The van der Waals surface area contributed by atoms with Crippen LogP contribution >= 0.6 is 0 Å². The molecule has 1 saturated heterocycles. The summed E-state index contributed by atoms with van der Waals surface area (Å²) in [5.41, 5.74) is 14.3. The fourth-order valence-corrected chi connectivity index (χ4v) is 4.79. The molecule has 1 aliphatic heterocycles. The summed E-state index contributed by atoms with van der Waals surface area (Å²) in [6, 6.07) is 9.92. The van der Waals surface area contributed by atoms with Crippen molar-refractivity contribution in [3.63, 3.8) is 0 Å². The van der Waals surface area contributed by atoms with Gasteiger partial charge < -0.3 is 20.9 Å². The van der Waals surface area contributed by atoms with E-state index in [0.717, 1.165) is 30.5 Å². The van der Waals surface area contributed by atoms with Crippen molar-refractivity contribution >= 4 is 17.1 Å². The highest BCUT2D eigenvalue weighted by Gasteiger charge is 2.28. The van der Waals surface area contributed by atoms with Crippen LogP contribution in [0.3, 0.4) is 0 Å². The summed E-state index contributed by atoms with van der Waals surface area (Å²) in [4.78, 5) is 34.7. The number of benzene rings is 1. The topological polar surface area (TPSA) is 117 Å². The molecule has 4 N–H and O–H groups in total. The maximum Gasteiger partial charge on any atom is 0.332 e. The minimum absolute atomic E-state index is 0.0446. The highest BCUT2D eigenvalue weighted by Crippen LogP contribution is 2.24. The van der Waals surface area contributed by atoms with E-state index >= 15 is 0 Å². The van der Waals surface area contributed by atoms with Crippen LogP contribution in [0.5, 0.6) is 0 Å². The Morgan fingerprint density at radius 2 is 1.86 bits per heavy atom. The first kappa shape index (κ1) is 25.9. The van der Waals surface area contributed by atoms with Crippen molar-refractivity contribution in [2.24, 2.45) is 11.5 Å². The molecule has 1 atom stereocenters. The molecule has 3 heterocycles. The molecule has 1 unspecified atom stereocenters. The standard InChI is InChI=1S/C27H39N7O2/c1-19(2)12-15-32-22-23(30-25(32)31-14-8-11-21(28)17-31)34(18-27(3,4)29)26(36)33(24(22)35)16-13-20-9-6-5-7-10-20/h5-7,9-10,12,21H,8,11,13-18,28-29H2,1-4H3. The molecule has 0 amide bonds. The van der Waals surface area contributed by atoms with Gasteiger partial charge in [-0.25, -0.2) is 4.79 Å². The number of piperidine rings is 1. The molecule has 0 radical (unpaired) electrons. The van der Waals surface area contributed by atoms with Gasteiger partial charge in [0.15, 0.2) is 11.2 Å². The van der Waals surface area contributed by atoms with Crippen LogP contribution in [0.4, 0.5) is 5.95 Å². The third kappa shape index (κ3) is 5.63. The van der Waals surface area contributed by atoms with Crippen LogP contribution in [0.1, 0.15) is 46.1 Å². The van der Waals surface area contributed by atoms with Crippen molar-refractivity contribution in [1.29, 1.82) is 0 Å². The Hall–Kier alpha value is -3.17. The second-order valence-electron chi connectivity index (χ2n) is 10.9. The van der Waals surface area contributed by atoms with Crippen LogP contribution in [0.15, 0.2) is 51.6 Å². The van der Waals surface area contributed by atoms with Crippen LogP contribution in [-0.2, 0) is 26.1 Å². The third-order valence-corrected chi connectivity index (χ3v) is 6.55. The molecule has 1 aromatic carbocycles. The van der Waals surface area contributed by atoms with E-state index in [1.807, 2.05) is 62.6 Å². The molecule has 0 bridgehead atoms. The Morgan fingerprint density at radius 3 is 2.50 bits per heavy atom. The summed E-state index contributed by atoms with van der Waals surface area (Å²) in [5.74, 6) is 0.679. The average molecular weight is 494 g/mol. The van der Waals surface area contributed by atoms with Gasteiger partial charge in [0.1, 0.15) is 0 Å². The lowest BCUT2D eigenvalue weighted by Crippen LogP contribution is -2.46. The van der Waals surface area contributed by atoms with E-state index in [4.69, 9.17) is 16.5 Å². The first-order valence-electron chi connectivity index (χ1n) is 12.8. The van der Waals surface area contributed by atoms with Crippen molar-refractivity contribution in [1.82, 2.24) is 18.7 Å². The summed E-state index contributed by atoms with van der Waals surface area (Å²) >= 11 is 0. The van der Waals surface area contributed by atoms with E-state index in [1.165, 1.54) is 4.57 Å². The molecule has 0 saturated carbocycles. The van der Waals surface area contributed by atoms with E-state index in [0.29, 0.717) is 36.6 Å². The number of aromatic nitrogens is 4. The summed E-state index contributed by atoms with van der Waals surface area (Å²) in [7, 11) is 0. The number of hydrogen-bond acceptors (Lipinski definition) is 6. The third-order valence-electron chi connectivity index (χ3n) is 6.55. The van der Waals surface area contributed by atoms with E-state index in [9.17, 15) is 9.59 Å². The molecule has 3 aromatic rings. The lowest BCUT2D eigenvalue weighted by Gasteiger charge is -2.31. The molecule has 9 heteroatoms. The van der Waals surface area contributed by atoms with Crippen LogP contribution in [0, 0.1) is 0 Å². The Balaban J connectivity index is 1.94. The molecule has 9 nitrogen and oxygen atoms in total. The van der Waals surface area contributed by atoms with E-state index in [-0.39, 0.29) is 30.4 Å². The SMILES string of the molecule is CC(C)=CCn1c(N2CCCC(N)C2)nc2c1c(=O)n(CCc1ccccc1)c(=O)n2CC(C)(C)N. The number of fused-ring (bicyclic) bond motifs is 1. The molecule has 36 heavy (non-hydrogen) atoms. The first-order chi connectivity index (χ1) is 17.0. The highest BCUT2D eigenvalue weighted by molar-refractivity contribution is 5.75. The molecule has 194 valence electrons. The first-order valence-corrected chi connectivity index (χ1v) is 12.8. The number of rotatable bonds is 8. The van der Waals surface area contributed by atoms with Crippen molar-refractivity contribution < 1.29 is 0 Å². The van der Waals surface area contributed by atoms with E-state index < -0.39 is 5.54 Å². The van der Waals surface area contributed by atoms with E-state index in [1.54, 1.807) is 4.57 Å². The van der Waals surface area contributed by atoms with Gasteiger partial charge in [-0.3, -0.25) is 13.9 Å². The highest BCUT2D eigenvalue weighted by atomic mass is 16.2. The van der Waals surface area contributed by atoms with Gasteiger partial charge in [-0.1, -0.05) is 42.0 Å². The van der Waals surface area contributed by atoms with Crippen molar-refractivity contribution in [2.75, 3.05) is 18.0 Å². The maximum absolute atomic E-state index is 13.9. The number of aryl methyl sites for hydroxylation is 1. The van der Waals surface area contributed by atoms with Crippen LogP contribution in [-0.4, -0.2) is 43.4 Å². The van der Waals surface area contributed by atoms with Crippen LogP contribution in [0.25, 0.3) is 11.2 Å². The Labute approximate surface area is 212 Å². The molecule has 2 aromatic heterocycles. The second-order valence-corrected chi connectivity index (χ2v) is 10.9. The number of hydrogen-bond donors (Lipinski definition) is 2. The fourth-order valence-electron chi connectivity index (χ4n) is 4.79. The summed E-state index contributed by atoms with van der Waals surface area (Å²) in [6.45, 7) is 10.3.